The van der Waals surface area contributed by atoms with Crippen molar-refractivity contribution in [3.63, 3.8) is 0 Å². The van der Waals surface area contributed by atoms with Crippen LogP contribution in [0.3, 0.4) is 0 Å². The Morgan fingerprint density at radius 3 is 2.50 bits per heavy atom. The van der Waals surface area contributed by atoms with E-state index in [0.29, 0.717) is 19.4 Å². The molecular formula is C26H32F2N4O2S2. The second-order valence-corrected chi connectivity index (χ2v) is 12.7. The molecule has 0 amide bonds. The Labute approximate surface area is 216 Å². The normalized spacial score (nSPS) is 19.0. The molecule has 2 aromatic heterocycles. The van der Waals surface area contributed by atoms with Crippen LogP contribution in [0.5, 0.6) is 0 Å². The fourth-order valence-corrected chi connectivity index (χ4v) is 6.43. The van der Waals surface area contributed by atoms with Crippen molar-refractivity contribution in [2.24, 2.45) is 5.41 Å². The number of halogens is 2. The Hall–Kier alpha value is -2.40. The smallest absolute Gasteiger partial charge is 0.293 e. The number of aromatic nitrogens is 1. The summed E-state index contributed by atoms with van der Waals surface area (Å²) in [5.41, 5.74) is 1.71. The highest BCUT2D eigenvalue weighted by Crippen LogP contribution is 2.41. The Morgan fingerprint density at radius 1 is 1.11 bits per heavy atom. The molecule has 1 aliphatic heterocycles. The standard InChI is InChI=1S/C26H32F2N4O2S2/c1-19-4-5-20(16-29-19)25(2,3)32-15-14-26(18-32,13-12-23-10-11-24(28)35-23)17-30-36(33,34)31-22-8-6-21(27)7-9-22/h4-11,16,30-31H,12-15,17-18H2,1-3H3/t26-/m1/s1. The molecule has 1 saturated heterocycles. The van der Waals surface area contributed by atoms with Crippen molar-refractivity contribution in [1.82, 2.24) is 14.6 Å². The highest BCUT2D eigenvalue weighted by Gasteiger charge is 2.44. The number of pyridine rings is 1. The van der Waals surface area contributed by atoms with Gasteiger partial charge in [0.2, 0.25) is 0 Å². The molecule has 0 unspecified atom stereocenters. The van der Waals surface area contributed by atoms with Gasteiger partial charge < -0.3 is 0 Å². The van der Waals surface area contributed by atoms with E-state index >= 15 is 0 Å². The molecule has 0 spiro atoms. The van der Waals surface area contributed by atoms with Gasteiger partial charge in [0.15, 0.2) is 5.13 Å². The number of aryl methyl sites for hydroxylation is 2. The van der Waals surface area contributed by atoms with Crippen LogP contribution in [-0.4, -0.2) is 37.9 Å². The number of nitrogens with zero attached hydrogens (tertiary/aromatic N) is 2. The largest absolute Gasteiger partial charge is 0.299 e. The molecule has 1 fully saturated rings. The third kappa shape index (κ3) is 6.47. The fraction of sp³-hybridized carbons (Fsp3) is 0.423. The zero-order valence-corrected chi connectivity index (χ0v) is 22.4. The van der Waals surface area contributed by atoms with Crippen LogP contribution in [0.4, 0.5) is 14.5 Å². The summed E-state index contributed by atoms with van der Waals surface area (Å²) in [4.78, 5) is 7.78. The van der Waals surface area contributed by atoms with Crippen molar-refractivity contribution < 1.29 is 17.2 Å². The molecule has 4 rings (SSSR count). The molecular weight excluding hydrogens is 502 g/mol. The Morgan fingerprint density at radius 2 is 1.86 bits per heavy atom. The number of rotatable bonds is 10. The fourth-order valence-electron chi connectivity index (χ4n) is 4.69. The minimum absolute atomic E-state index is 0.218. The maximum Gasteiger partial charge on any atom is 0.299 e. The maximum absolute atomic E-state index is 13.6. The molecule has 0 aliphatic carbocycles. The molecule has 0 bridgehead atoms. The molecule has 0 saturated carbocycles. The second kappa shape index (κ2) is 10.5. The predicted molar refractivity (Wildman–Crippen MR) is 140 cm³/mol. The summed E-state index contributed by atoms with van der Waals surface area (Å²) in [6.07, 6.45) is 4.08. The van der Waals surface area contributed by atoms with Gasteiger partial charge in [-0.15, -0.1) is 11.3 Å². The summed E-state index contributed by atoms with van der Waals surface area (Å²) in [7, 11) is -3.87. The molecule has 6 nitrogen and oxygen atoms in total. The van der Waals surface area contributed by atoms with Crippen molar-refractivity contribution in [2.45, 2.75) is 45.6 Å². The van der Waals surface area contributed by atoms with Crippen molar-refractivity contribution in [2.75, 3.05) is 24.4 Å². The number of benzene rings is 1. The molecule has 3 heterocycles. The molecule has 194 valence electrons. The van der Waals surface area contributed by atoms with E-state index in [-0.39, 0.29) is 28.3 Å². The van der Waals surface area contributed by atoms with E-state index in [1.807, 2.05) is 19.2 Å². The van der Waals surface area contributed by atoms with Crippen LogP contribution < -0.4 is 9.44 Å². The van der Waals surface area contributed by atoms with Crippen LogP contribution in [-0.2, 0) is 22.2 Å². The first-order valence-electron chi connectivity index (χ1n) is 11.9. The lowest BCUT2D eigenvalue weighted by molar-refractivity contribution is 0.128. The molecule has 1 atom stereocenters. The topological polar surface area (TPSA) is 74.3 Å². The summed E-state index contributed by atoms with van der Waals surface area (Å²) >= 11 is 1.13. The third-order valence-electron chi connectivity index (χ3n) is 7.11. The summed E-state index contributed by atoms with van der Waals surface area (Å²) in [5.74, 6) is -0.438. The van der Waals surface area contributed by atoms with Crippen molar-refractivity contribution >= 4 is 27.2 Å². The highest BCUT2D eigenvalue weighted by atomic mass is 32.2. The Balaban J connectivity index is 1.50. The summed E-state index contributed by atoms with van der Waals surface area (Å²) in [6, 6.07) is 12.5. The van der Waals surface area contributed by atoms with Gasteiger partial charge in [0.1, 0.15) is 5.82 Å². The predicted octanol–water partition coefficient (Wildman–Crippen LogP) is 5.24. The molecule has 2 N–H and O–H groups in total. The molecule has 0 radical (unpaired) electrons. The van der Waals surface area contributed by atoms with Crippen LogP contribution in [0.2, 0.25) is 0 Å². The van der Waals surface area contributed by atoms with Gasteiger partial charge in [-0.05, 0) is 100 Å². The monoisotopic (exact) mass is 534 g/mol. The van der Waals surface area contributed by atoms with E-state index in [2.05, 4.69) is 39.2 Å². The van der Waals surface area contributed by atoms with Crippen molar-refractivity contribution in [3.8, 4) is 0 Å². The first kappa shape index (κ1) is 26.7. The van der Waals surface area contributed by atoms with Crippen LogP contribution in [0.15, 0.2) is 54.7 Å². The average molecular weight is 535 g/mol. The molecule has 1 aromatic carbocycles. The van der Waals surface area contributed by atoms with E-state index in [1.54, 1.807) is 6.07 Å². The number of hydrogen-bond donors (Lipinski definition) is 2. The van der Waals surface area contributed by atoms with Gasteiger partial charge in [0, 0.05) is 41.1 Å². The summed E-state index contributed by atoms with van der Waals surface area (Å²) in [6.45, 7) is 7.98. The Kier molecular flexibility index (Phi) is 7.80. The van der Waals surface area contributed by atoms with Gasteiger partial charge in [-0.2, -0.15) is 17.5 Å². The first-order valence-corrected chi connectivity index (χ1v) is 14.2. The number of thiophene rings is 1. The van der Waals surface area contributed by atoms with E-state index in [9.17, 15) is 17.2 Å². The molecule has 36 heavy (non-hydrogen) atoms. The lowest BCUT2D eigenvalue weighted by atomic mass is 9.82. The van der Waals surface area contributed by atoms with Crippen molar-refractivity contribution in [1.29, 1.82) is 0 Å². The molecule has 10 heteroatoms. The van der Waals surface area contributed by atoms with E-state index in [4.69, 9.17) is 0 Å². The van der Waals surface area contributed by atoms with Gasteiger partial charge in [0.05, 0.1) is 0 Å². The molecule has 3 aromatic rings. The quantitative estimate of drug-likeness (QED) is 0.373. The van der Waals surface area contributed by atoms with Gasteiger partial charge >= 0.3 is 0 Å². The Bertz CT molecular complexity index is 1280. The van der Waals surface area contributed by atoms with Crippen LogP contribution in [0, 0.1) is 23.3 Å². The summed E-state index contributed by atoms with van der Waals surface area (Å²) in [5, 5.41) is -0.218. The third-order valence-corrected chi connectivity index (χ3v) is 9.07. The minimum atomic E-state index is -3.87. The maximum atomic E-state index is 13.6. The number of anilines is 1. The van der Waals surface area contributed by atoms with Crippen LogP contribution >= 0.6 is 11.3 Å². The van der Waals surface area contributed by atoms with Gasteiger partial charge in [-0.3, -0.25) is 14.6 Å². The SMILES string of the molecule is Cc1ccc(C(C)(C)N2CC[C@](CCc3ccc(F)s3)(CNS(=O)(=O)Nc3ccc(F)cc3)C2)cn1. The van der Waals surface area contributed by atoms with Gasteiger partial charge in [-0.1, -0.05) is 6.07 Å². The average Bonchev–Trinajstić information content (AvgIpc) is 3.45. The first-order chi connectivity index (χ1) is 17.0. The van der Waals surface area contributed by atoms with E-state index in [1.165, 1.54) is 30.3 Å². The van der Waals surface area contributed by atoms with E-state index in [0.717, 1.165) is 40.4 Å². The molecule has 1 aliphatic rings. The van der Waals surface area contributed by atoms with Crippen molar-refractivity contribution in [3.05, 3.63) is 81.8 Å². The number of nitrogens with one attached hydrogen (secondary N) is 2. The van der Waals surface area contributed by atoms with Crippen LogP contribution in [0.1, 0.15) is 42.8 Å². The van der Waals surface area contributed by atoms with Crippen LogP contribution in [0.25, 0.3) is 0 Å². The number of likely N-dealkylation sites (tertiary alicyclic amines) is 1. The zero-order valence-electron chi connectivity index (χ0n) is 20.7. The summed E-state index contributed by atoms with van der Waals surface area (Å²) < 4.78 is 57.6. The lowest BCUT2D eigenvalue weighted by Crippen LogP contribution is -2.45. The minimum Gasteiger partial charge on any atom is -0.293 e. The van der Waals surface area contributed by atoms with Gasteiger partial charge in [0.25, 0.3) is 10.2 Å². The van der Waals surface area contributed by atoms with Gasteiger partial charge in [-0.25, -0.2) is 4.39 Å². The number of hydrogen-bond acceptors (Lipinski definition) is 5. The highest BCUT2D eigenvalue weighted by molar-refractivity contribution is 7.90. The zero-order chi connectivity index (χ0) is 26.0. The lowest BCUT2D eigenvalue weighted by Gasteiger charge is -2.38. The second-order valence-electron chi connectivity index (χ2n) is 10.1. The van der Waals surface area contributed by atoms with E-state index < -0.39 is 16.0 Å².